The molecule has 6 aromatic rings. The highest BCUT2D eigenvalue weighted by Gasteiger charge is 2.44. The summed E-state index contributed by atoms with van der Waals surface area (Å²) in [5.41, 5.74) is 13.5. The van der Waals surface area contributed by atoms with E-state index in [0.717, 1.165) is 22.9 Å². The molecule has 43 heavy (non-hydrogen) atoms. The van der Waals surface area contributed by atoms with Gasteiger partial charge in [-0.2, -0.15) is 0 Å². The third-order valence-corrected chi connectivity index (χ3v) is 8.92. The topological polar surface area (TPSA) is 12.5 Å². The molecule has 0 saturated carbocycles. The molecule has 0 saturated heterocycles. The monoisotopic (exact) mass is 553 g/mol. The average molecular weight is 554 g/mol. The number of nitrogens with zero attached hydrogens (tertiary/aromatic N) is 1. The van der Waals surface area contributed by atoms with E-state index in [2.05, 4.69) is 165 Å². The van der Waals surface area contributed by atoms with E-state index in [4.69, 9.17) is 4.74 Å². The molecule has 0 unspecified atom stereocenters. The summed E-state index contributed by atoms with van der Waals surface area (Å²) in [6.45, 7) is 6.80. The summed E-state index contributed by atoms with van der Waals surface area (Å²) < 4.78 is 6.77. The molecule has 0 fully saturated rings. The Labute approximate surface area is 254 Å². The summed E-state index contributed by atoms with van der Waals surface area (Å²) in [7, 11) is 0. The van der Waals surface area contributed by atoms with E-state index in [1.807, 2.05) is 0 Å². The van der Waals surface area contributed by atoms with Crippen LogP contribution in [0.15, 0.2) is 140 Å². The summed E-state index contributed by atoms with van der Waals surface area (Å²) in [6.07, 6.45) is 0. The number of hydrogen-bond donors (Lipinski definition) is 0. The Morgan fingerprint density at radius 1 is 0.488 bits per heavy atom. The van der Waals surface area contributed by atoms with Crippen molar-refractivity contribution in [1.29, 1.82) is 0 Å². The van der Waals surface area contributed by atoms with Gasteiger partial charge >= 0.3 is 0 Å². The van der Waals surface area contributed by atoms with Crippen molar-refractivity contribution in [2.45, 2.75) is 26.2 Å². The van der Waals surface area contributed by atoms with E-state index < -0.39 is 0 Å². The maximum Gasteiger partial charge on any atom is 0.258 e. The van der Waals surface area contributed by atoms with Crippen LogP contribution in [0, 0.1) is 0 Å². The highest BCUT2D eigenvalue weighted by atomic mass is 16.5. The van der Waals surface area contributed by atoms with E-state index in [0.29, 0.717) is 0 Å². The van der Waals surface area contributed by atoms with Crippen LogP contribution in [0.25, 0.3) is 22.3 Å². The average Bonchev–Trinajstić information content (AvgIpc) is 3.04. The zero-order valence-corrected chi connectivity index (χ0v) is 24.7. The van der Waals surface area contributed by atoms with Gasteiger partial charge < -0.3 is 9.64 Å². The molecular weight excluding hydrogens is 521 g/mol. The summed E-state index contributed by atoms with van der Waals surface area (Å²) in [5, 5.41) is 0. The molecule has 206 valence electrons. The van der Waals surface area contributed by atoms with Gasteiger partial charge in [-0.05, 0) is 86.0 Å². The molecule has 0 radical (unpaired) electrons. The minimum atomic E-state index is 0.00265. The number of rotatable bonds is 3. The van der Waals surface area contributed by atoms with Gasteiger partial charge in [0.15, 0.2) is 0 Å². The highest BCUT2D eigenvalue weighted by Crippen LogP contribution is 2.43. The Kier molecular flexibility index (Phi) is 5.84. The van der Waals surface area contributed by atoms with Gasteiger partial charge in [0.1, 0.15) is 11.5 Å². The molecule has 0 spiro atoms. The van der Waals surface area contributed by atoms with E-state index in [9.17, 15) is 0 Å². The zero-order valence-electron chi connectivity index (χ0n) is 24.7. The summed E-state index contributed by atoms with van der Waals surface area (Å²) in [5.74, 6) is 1.85. The van der Waals surface area contributed by atoms with Gasteiger partial charge in [0, 0.05) is 17.1 Å². The molecule has 0 bridgehead atoms. The predicted octanol–water partition coefficient (Wildman–Crippen LogP) is 8.72. The fourth-order valence-corrected chi connectivity index (χ4v) is 6.90. The summed E-state index contributed by atoms with van der Waals surface area (Å²) >= 11 is 0. The first-order valence-corrected chi connectivity index (χ1v) is 15.1. The van der Waals surface area contributed by atoms with Crippen LogP contribution >= 0.6 is 0 Å². The van der Waals surface area contributed by atoms with Crippen LogP contribution in [0.5, 0.6) is 11.5 Å². The number of hydrogen-bond acceptors (Lipinski definition) is 2. The summed E-state index contributed by atoms with van der Waals surface area (Å²) in [4.78, 5) is 2.43. The van der Waals surface area contributed by atoms with Crippen LogP contribution in [-0.2, 0) is 5.41 Å². The van der Waals surface area contributed by atoms with E-state index >= 15 is 0 Å². The van der Waals surface area contributed by atoms with Crippen molar-refractivity contribution in [3.05, 3.63) is 145 Å². The summed E-state index contributed by atoms with van der Waals surface area (Å²) in [6, 6.07) is 50.4. The first-order chi connectivity index (χ1) is 21.0. The predicted molar refractivity (Wildman–Crippen MR) is 182 cm³/mol. The lowest BCUT2D eigenvalue weighted by Gasteiger charge is -2.41. The Balaban J connectivity index is 1.45. The second-order valence-corrected chi connectivity index (χ2v) is 12.5. The third kappa shape index (κ3) is 4.11. The second kappa shape index (κ2) is 9.78. The minimum Gasteiger partial charge on any atom is -0.458 e. The Bertz CT molecular complexity index is 1970. The van der Waals surface area contributed by atoms with Gasteiger partial charge in [-0.3, -0.25) is 0 Å². The zero-order chi connectivity index (χ0) is 29.1. The van der Waals surface area contributed by atoms with Gasteiger partial charge in [0.25, 0.3) is 6.71 Å². The van der Waals surface area contributed by atoms with Crippen LogP contribution in [0.3, 0.4) is 0 Å². The van der Waals surface area contributed by atoms with Gasteiger partial charge in [-0.25, -0.2) is 0 Å². The number of ether oxygens (including phenoxy) is 1. The molecule has 2 aliphatic rings. The standard InChI is InChI=1S/C40H32BNO/c1-40(2,3)29-23-25-30(26-24-29)42-33-19-10-17-31(27-13-6-4-7-14-27)37(33)41-38-32(28-15-8-5-9-16-28)18-11-21-35(38)43-36-22-12-20-34(42)39(36)41/h4-26H,1-3H3. The smallest absolute Gasteiger partial charge is 0.258 e. The normalized spacial score (nSPS) is 13.1. The Morgan fingerprint density at radius 3 is 1.60 bits per heavy atom. The van der Waals surface area contributed by atoms with Gasteiger partial charge in [0.2, 0.25) is 0 Å². The largest absolute Gasteiger partial charge is 0.458 e. The lowest BCUT2D eigenvalue weighted by Crippen LogP contribution is -2.60. The van der Waals surface area contributed by atoms with Crippen LogP contribution in [0.4, 0.5) is 17.1 Å². The van der Waals surface area contributed by atoms with Crippen LogP contribution < -0.4 is 26.0 Å². The molecule has 3 heteroatoms. The van der Waals surface area contributed by atoms with Crippen LogP contribution in [0.2, 0.25) is 0 Å². The fourth-order valence-electron chi connectivity index (χ4n) is 6.90. The molecule has 0 atom stereocenters. The maximum absolute atomic E-state index is 6.77. The molecular formula is C40H32BNO. The van der Waals surface area contributed by atoms with Crippen molar-refractivity contribution in [1.82, 2.24) is 0 Å². The minimum absolute atomic E-state index is 0.00265. The molecule has 6 aromatic carbocycles. The Hall–Kier alpha value is -5.02. The van der Waals surface area contributed by atoms with Crippen molar-refractivity contribution in [3.63, 3.8) is 0 Å². The molecule has 8 rings (SSSR count). The van der Waals surface area contributed by atoms with Crippen LogP contribution in [-0.4, -0.2) is 6.71 Å². The van der Waals surface area contributed by atoms with Crippen molar-refractivity contribution in [3.8, 4) is 33.8 Å². The van der Waals surface area contributed by atoms with Crippen LogP contribution in [0.1, 0.15) is 26.3 Å². The second-order valence-electron chi connectivity index (χ2n) is 12.5. The molecule has 0 aliphatic carbocycles. The van der Waals surface area contributed by atoms with Crippen molar-refractivity contribution < 1.29 is 4.74 Å². The fraction of sp³-hybridized carbons (Fsp3) is 0.100. The molecule has 0 N–H and O–H groups in total. The maximum atomic E-state index is 6.77. The lowest BCUT2D eigenvalue weighted by atomic mass is 9.32. The quantitative estimate of drug-likeness (QED) is 0.203. The van der Waals surface area contributed by atoms with Crippen molar-refractivity contribution >= 4 is 40.2 Å². The molecule has 2 heterocycles. The first-order valence-electron chi connectivity index (χ1n) is 15.1. The van der Waals surface area contributed by atoms with Gasteiger partial charge in [-0.1, -0.05) is 124 Å². The highest BCUT2D eigenvalue weighted by molar-refractivity contribution is 7.00. The SMILES string of the molecule is CC(C)(C)c1ccc(N2c3cccc4c3B(c3c(cccc3-c3ccccc3)O4)c3c(-c4ccccc4)cccc32)cc1. The third-order valence-electron chi connectivity index (χ3n) is 8.92. The van der Waals surface area contributed by atoms with Gasteiger partial charge in [-0.15, -0.1) is 0 Å². The van der Waals surface area contributed by atoms with Crippen molar-refractivity contribution in [2.24, 2.45) is 0 Å². The van der Waals surface area contributed by atoms with E-state index in [-0.39, 0.29) is 12.1 Å². The first kappa shape index (κ1) is 25.7. The molecule has 0 aromatic heterocycles. The number of fused-ring (bicyclic) bond motifs is 4. The Morgan fingerprint density at radius 2 is 1.00 bits per heavy atom. The lowest BCUT2D eigenvalue weighted by molar-refractivity contribution is 0.487. The molecule has 0 amide bonds. The van der Waals surface area contributed by atoms with E-state index in [1.54, 1.807) is 0 Å². The number of anilines is 3. The molecule has 2 nitrogen and oxygen atoms in total. The van der Waals surface area contributed by atoms with Crippen molar-refractivity contribution in [2.75, 3.05) is 4.90 Å². The van der Waals surface area contributed by atoms with E-state index in [1.165, 1.54) is 49.9 Å². The van der Waals surface area contributed by atoms with Gasteiger partial charge in [0.05, 0.1) is 0 Å². The number of benzene rings is 6. The molecule has 2 aliphatic heterocycles.